The topological polar surface area (TPSA) is 44.3 Å². The van der Waals surface area contributed by atoms with Crippen LogP contribution in [0.15, 0.2) is 36.4 Å². The molecule has 2 aromatic rings. The largest absolute Gasteiger partial charge is 0.369 e. The van der Waals surface area contributed by atoms with Gasteiger partial charge in [-0.05, 0) is 65.0 Å². The molecule has 3 rings (SSSR count). The van der Waals surface area contributed by atoms with Crippen molar-refractivity contribution in [2.45, 2.75) is 38.8 Å². The maximum Gasteiger partial charge on any atom is 0.145 e. The van der Waals surface area contributed by atoms with E-state index in [1.54, 1.807) is 0 Å². The highest BCUT2D eigenvalue weighted by molar-refractivity contribution is 5.88. The molecule has 0 aliphatic heterocycles. The average molecular weight is 368 g/mol. The third kappa shape index (κ3) is 5.27. The molecule has 1 N–H and O–H groups in total. The normalized spacial score (nSPS) is 19.9. The Hall–Kier alpha value is -1.98. The van der Waals surface area contributed by atoms with E-state index in [-0.39, 0.29) is 0 Å². The molecular weight excluding hydrogens is 334 g/mol. The second kappa shape index (κ2) is 9.29. The Morgan fingerprint density at radius 3 is 2.63 bits per heavy atom. The molecule has 2 atom stereocenters. The summed E-state index contributed by atoms with van der Waals surface area (Å²) in [6, 6.07) is 8.84. The minimum absolute atomic E-state index is 0.557. The Bertz CT molecular complexity index is 770. The van der Waals surface area contributed by atoms with Crippen molar-refractivity contribution in [1.29, 1.82) is 0 Å². The van der Waals surface area contributed by atoms with Gasteiger partial charge in [-0.1, -0.05) is 31.2 Å². The lowest BCUT2D eigenvalue weighted by Crippen LogP contribution is -2.37. The Morgan fingerprint density at radius 1 is 1.07 bits per heavy atom. The fourth-order valence-corrected chi connectivity index (χ4v) is 3.82. The summed E-state index contributed by atoms with van der Waals surface area (Å²) >= 11 is 0. The van der Waals surface area contributed by atoms with Gasteiger partial charge in [-0.3, -0.25) is 4.90 Å². The van der Waals surface area contributed by atoms with Crippen LogP contribution in [0.5, 0.6) is 0 Å². The average Bonchev–Trinajstić information content (AvgIpc) is 2.65. The molecule has 1 aliphatic carbocycles. The molecule has 1 aromatic carbocycles. The number of fused-ring (bicyclic) bond motifs is 1. The van der Waals surface area contributed by atoms with Gasteiger partial charge in [0, 0.05) is 18.0 Å². The summed E-state index contributed by atoms with van der Waals surface area (Å²) in [7, 11) is 6.41. The molecule has 1 aliphatic rings. The van der Waals surface area contributed by atoms with E-state index in [0.29, 0.717) is 12.0 Å². The van der Waals surface area contributed by atoms with E-state index in [1.165, 1.54) is 0 Å². The van der Waals surface area contributed by atoms with Crippen LogP contribution in [0.2, 0.25) is 0 Å². The highest BCUT2D eigenvalue weighted by Gasteiger charge is 2.23. The van der Waals surface area contributed by atoms with Crippen molar-refractivity contribution in [3.05, 3.63) is 42.2 Å². The van der Waals surface area contributed by atoms with Crippen LogP contribution in [0, 0.1) is 5.92 Å². The van der Waals surface area contributed by atoms with E-state index in [2.05, 4.69) is 73.5 Å². The van der Waals surface area contributed by atoms with Crippen molar-refractivity contribution < 1.29 is 0 Å². The van der Waals surface area contributed by atoms with E-state index in [1.807, 2.05) is 6.07 Å². The molecule has 1 unspecified atom stereocenters. The fourth-order valence-electron chi connectivity index (χ4n) is 3.82. The number of benzene rings is 1. The quantitative estimate of drug-likeness (QED) is 0.568. The maximum atomic E-state index is 4.88. The van der Waals surface area contributed by atoms with Crippen molar-refractivity contribution in [2.24, 2.45) is 5.92 Å². The number of anilines is 1. The number of para-hydroxylation sites is 1. The molecule has 5 heteroatoms. The number of hydrogen-bond acceptors (Lipinski definition) is 5. The van der Waals surface area contributed by atoms with E-state index in [4.69, 9.17) is 9.97 Å². The smallest absolute Gasteiger partial charge is 0.145 e. The molecule has 0 radical (unpaired) electrons. The van der Waals surface area contributed by atoms with E-state index in [0.717, 1.165) is 61.4 Å². The molecule has 0 saturated carbocycles. The molecular formula is C22H33N5. The third-order valence-corrected chi connectivity index (χ3v) is 5.39. The molecule has 0 amide bonds. The highest BCUT2D eigenvalue weighted by atomic mass is 15.2. The van der Waals surface area contributed by atoms with Gasteiger partial charge < -0.3 is 10.2 Å². The van der Waals surface area contributed by atoms with Crippen molar-refractivity contribution in [3.63, 3.8) is 0 Å². The molecule has 0 saturated heterocycles. The van der Waals surface area contributed by atoms with E-state index in [9.17, 15) is 0 Å². The van der Waals surface area contributed by atoms with E-state index >= 15 is 0 Å². The molecule has 5 nitrogen and oxygen atoms in total. The molecule has 0 bridgehead atoms. The van der Waals surface area contributed by atoms with Crippen LogP contribution in [-0.2, 0) is 6.54 Å². The van der Waals surface area contributed by atoms with E-state index < -0.39 is 0 Å². The number of aromatic nitrogens is 2. The summed E-state index contributed by atoms with van der Waals surface area (Å²) in [5, 5.41) is 4.64. The minimum Gasteiger partial charge on any atom is -0.369 e. The minimum atomic E-state index is 0.557. The summed E-state index contributed by atoms with van der Waals surface area (Å²) in [6.45, 7) is 5.10. The summed E-state index contributed by atoms with van der Waals surface area (Å²) in [5.74, 6) is 2.52. The molecule has 1 heterocycles. The third-order valence-electron chi connectivity index (χ3n) is 5.39. The van der Waals surface area contributed by atoms with Crippen LogP contribution < -0.4 is 5.32 Å². The lowest BCUT2D eigenvalue weighted by Gasteiger charge is -2.33. The second-order valence-corrected chi connectivity index (χ2v) is 7.99. The van der Waals surface area contributed by atoms with Crippen LogP contribution in [0.4, 0.5) is 5.82 Å². The van der Waals surface area contributed by atoms with Gasteiger partial charge in [-0.25, -0.2) is 9.97 Å². The summed E-state index contributed by atoms with van der Waals surface area (Å²) in [5.41, 5.74) is 1.02. The van der Waals surface area contributed by atoms with Crippen LogP contribution in [-0.4, -0.2) is 60.0 Å². The fraction of sp³-hybridized carbons (Fsp3) is 0.545. The number of nitrogens with one attached hydrogen (secondary N) is 1. The first-order chi connectivity index (χ1) is 13.0. The zero-order chi connectivity index (χ0) is 19.2. The Kier molecular flexibility index (Phi) is 6.80. The first-order valence-electron chi connectivity index (χ1n) is 10.0. The van der Waals surface area contributed by atoms with Crippen LogP contribution in [0.25, 0.3) is 10.9 Å². The van der Waals surface area contributed by atoms with Crippen LogP contribution >= 0.6 is 0 Å². The Labute approximate surface area is 163 Å². The number of rotatable bonds is 8. The Balaban J connectivity index is 1.76. The monoisotopic (exact) mass is 367 g/mol. The molecule has 146 valence electrons. The van der Waals surface area contributed by atoms with Crippen molar-refractivity contribution >= 4 is 16.7 Å². The highest BCUT2D eigenvalue weighted by Crippen LogP contribution is 2.25. The van der Waals surface area contributed by atoms with Crippen LogP contribution in [0.1, 0.15) is 32.0 Å². The van der Waals surface area contributed by atoms with Crippen molar-refractivity contribution in [2.75, 3.05) is 39.5 Å². The predicted octanol–water partition coefficient (Wildman–Crippen LogP) is 3.78. The summed E-state index contributed by atoms with van der Waals surface area (Å²) in [4.78, 5) is 14.3. The van der Waals surface area contributed by atoms with Crippen molar-refractivity contribution in [3.8, 4) is 0 Å². The molecule has 0 spiro atoms. The summed E-state index contributed by atoms with van der Waals surface area (Å²) in [6.07, 6.45) is 7.97. The lowest BCUT2D eigenvalue weighted by molar-refractivity contribution is 0.168. The molecule has 1 aromatic heterocycles. The lowest BCUT2D eigenvalue weighted by atomic mass is 9.90. The first-order valence-corrected chi connectivity index (χ1v) is 10.0. The number of hydrogen-bond donors (Lipinski definition) is 1. The van der Waals surface area contributed by atoms with Gasteiger partial charge >= 0.3 is 0 Å². The van der Waals surface area contributed by atoms with Crippen molar-refractivity contribution in [1.82, 2.24) is 19.8 Å². The van der Waals surface area contributed by atoms with Gasteiger partial charge in [0.25, 0.3) is 0 Å². The molecule has 0 fully saturated rings. The zero-order valence-corrected chi connectivity index (χ0v) is 17.2. The van der Waals surface area contributed by atoms with Crippen LogP contribution in [0.3, 0.4) is 0 Å². The van der Waals surface area contributed by atoms with Gasteiger partial charge in [0.15, 0.2) is 0 Å². The van der Waals surface area contributed by atoms with Gasteiger partial charge in [0.1, 0.15) is 11.6 Å². The SMILES string of the molecule is C[C@@H]1CC=CCC1N(C)Cc1nc(NCCCN(C)C)c2ccccc2n1. The predicted molar refractivity (Wildman–Crippen MR) is 114 cm³/mol. The molecule has 27 heavy (non-hydrogen) atoms. The van der Waals surface area contributed by atoms with Gasteiger partial charge in [0.05, 0.1) is 12.1 Å². The second-order valence-electron chi connectivity index (χ2n) is 7.99. The summed E-state index contributed by atoms with van der Waals surface area (Å²) < 4.78 is 0. The maximum absolute atomic E-state index is 4.88. The van der Waals surface area contributed by atoms with Gasteiger partial charge in [-0.2, -0.15) is 0 Å². The zero-order valence-electron chi connectivity index (χ0n) is 17.2. The first kappa shape index (κ1) is 19.8. The number of allylic oxidation sites excluding steroid dienone is 1. The van der Waals surface area contributed by atoms with Gasteiger partial charge in [0.2, 0.25) is 0 Å². The van der Waals surface area contributed by atoms with Gasteiger partial charge in [-0.15, -0.1) is 0 Å². The standard InChI is InChI=1S/C22H33N5/c1-17-10-5-8-13-20(17)27(4)16-21-24-19-12-7-6-11-18(19)22(25-21)23-14-9-15-26(2)3/h5-8,11-12,17,20H,9-10,13-16H2,1-4H3,(H,23,24,25)/t17-,20?/m1/s1. The Morgan fingerprint density at radius 2 is 1.85 bits per heavy atom. The number of nitrogens with zero attached hydrogens (tertiary/aromatic N) is 4.